The number of nitrogens with zero attached hydrogens (tertiary/aromatic N) is 1. The molecular weight excluding hydrogens is 314 g/mol. The third-order valence-electron chi connectivity index (χ3n) is 3.27. The van der Waals surface area contributed by atoms with E-state index in [-0.39, 0.29) is 9.92 Å². The van der Waals surface area contributed by atoms with Crippen LogP contribution in [-0.2, 0) is 14.8 Å². The minimum atomic E-state index is -3.61. The highest BCUT2D eigenvalue weighted by Crippen LogP contribution is 2.32. The molecule has 0 bridgehead atoms. The molecule has 0 radical (unpaired) electrons. The Morgan fingerprint density at radius 3 is 2.67 bits per heavy atom. The van der Waals surface area contributed by atoms with E-state index in [2.05, 4.69) is 0 Å². The maximum Gasteiger partial charge on any atom is 0.328 e. The standard InChI is InChI=1S/C14H16ClNO4S/c1-16(9-11-2-3-11)21(19,20)13-6-4-10(8-12(13)15)5-7-14(17)18/h4-8,11H,2-3,9H2,1H3,(H,17,18). The van der Waals surface area contributed by atoms with E-state index in [0.717, 1.165) is 18.9 Å². The van der Waals surface area contributed by atoms with Crippen molar-refractivity contribution >= 4 is 33.7 Å². The van der Waals surface area contributed by atoms with Crippen LogP contribution in [0.25, 0.3) is 6.08 Å². The van der Waals surface area contributed by atoms with Crippen LogP contribution in [0.3, 0.4) is 0 Å². The second kappa shape index (κ2) is 6.17. The summed E-state index contributed by atoms with van der Waals surface area (Å²) in [5.74, 6) is -0.631. The summed E-state index contributed by atoms with van der Waals surface area (Å²) in [6.45, 7) is 0.499. The van der Waals surface area contributed by atoms with Gasteiger partial charge in [-0.1, -0.05) is 17.7 Å². The second-order valence-corrected chi connectivity index (χ2v) is 7.51. The lowest BCUT2D eigenvalue weighted by Gasteiger charge is -2.17. The summed E-state index contributed by atoms with van der Waals surface area (Å²) in [6, 6.07) is 4.38. The number of benzene rings is 1. The van der Waals surface area contributed by atoms with Gasteiger partial charge in [0.05, 0.1) is 5.02 Å². The largest absolute Gasteiger partial charge is 0.478 e. The maximum atomic E-state index is 12.4. The van der Waals surface area contributed by atoms with E-state index in [9.17, 15) is 13.2 Å². The zero-order valence-corrected chi connectivity index (χ0v) is 13.1. The molecule has 114 valence electrons. The van der Waals surface area contributed by atoms with Crippen molar-refractivity contribution in [1.29, 1.82) is 0 Å². The molecule has 1 aromatic carbocycles. The molecule has 0 heterocycles. The van der Waals surface area contributed by atoms with Crippen LogP contribution in [0, 0.1) is 5.92 Å². The van der Waals surface area contributed by atoms with Crippen molar-refractivity contribution in [2.45, 2.75) is 17.7 Å². The number of carbonyl (C=O) groups is 1. The van der Waals surface area contributed by atoms with E-state index in [4.69, 9.17) is 16.7 Å². The molecule has 0 spiro atoms. The van der Waals surface area contributed by atoms with Gasteiger partial charge in [0.1, 0.15) is 4.90 Å². The van der Waals surface area contributed by atoms with Gasteiger partial charge in [-0.05, 0) is 42.5 Å². The van der Waals surface area contributed by atoms with Crippen molar-refractivity contribution in [2.75, 3.05) is 13.6 Å². The van der Waals surface area contributed by atoms with Crippen molar-refractivity contribution < 1.29 is 18.3 Å². The number of aliphatic carboxylic acids is 1. The Morgan fingerprint density at radius 2 is 2.14 bits per heavy atom. The van der Waals surface area contributed by atoms with Gasteiger partial charge >= 0.3 is 5.97 Å². The molecule has 1 aliphatic rings. The fraction of sp³-hybridized carbons (Fsp3) is 0.357. The van der Waals surface area contributed by atoms with E-state index in [0.29, 0.717) is 18.0 Å². The lowest BCUT2D eigenvalue weighted by Crippen LogP contribution is -2.29. The third-order valence-corrected chi connectivity index (χ3v) is 5.58. The van der Waals surface area contributed by atoms with Gasteiger partial charge < -0.3 is 5.11 Å². The third kappa shape index (κ3) is 4.06. The van der Waals surface area contributed by atoms with Crippen LogP contribution in [-0.4, -0.2) is 37.4 Å². The predicted molar refractivity (Wildman–Crippen MR) is 80.7 cm³/mol. The molecule has 0 unspecified atom stereocenters. The van der Waals surface area contributed by atoms with Crippen LogP contribution < -0.4 is 0 Å². The first-order valence-electron chi connectivity index (χ1n) is 6.47. The number of sulfonamides is 1. The first-order valence-corrected chi connectivity index (χ1v) is 8.29. The molecule has 0 amide bonds. The normalized spacial score (nSPS) is 15.8. The Morgan fingerprint density at radius 1 is 1.48 bits per heavy atom. The van der Waals surface area contributed by atoms with Crippen LogP contribution in [0.5, 0.6) is 0 Å². The summed E-state index contributed by atoms with van der Waals surface area (Å²) in [5, 5.41) is 8.66. The van der Waals surface area contributed by atoms with Crippen LogP contribution >= 0.6 is 11.6 Å². The molecule has 1 saturated carbocycles. The highest BCUT2D eigenvalue weighted by Gasteiger charge is 2.30. The quantitative estimate of drug-likeness (QED) is 0.813. The molecule has 1 aromatic rings. The molecule has 1 fully saturated rings. The number of carboxylic acid groups (broad SMARTS) is 1. The summed E-state index contributed by atoms with van der Waals surface area (Å²) in [5.41, 5.74) is 0.534. The summed E-state index contributed by atoms with van der Waals surface area (Å²) in [6.07, 6.45) is 4.45. The highest BCUT2D eigenvalue weighted by molar-refractivity contribution is 7.89. The van der Waals surface area contributed by atoms with E-state index < -0.39 is 16.0 Å². The monoisotopic (exact) mass is 329 g/mol. The molecule has 1 aliphatic carbocycles. The van der Waals surface area contributed by atoms with E-state index in [1.54, 1.807) is 7.05 Å². The molecule has 0 aliphatic heterocycles. The SMILES string of the molecule is CN(CC1CC1)S(=O)(=O)c1ccc(C=CC(=O)O)cc1Cl. The van der Waals surface area contributed by atoms with Crippen molar-refractivity contribution in [2.24, 2.45) is 5.92 Å². The van der Waals surface area contributed by atoms with Crippen LogP contribution in [0.15, 0.2) is 29.2 Å². The molecule has 7 heteroatoms. The number of hydrogen-bond acceptors (Lipinski definition) is 3. The number of rotatable bonds is 6. The second-order valence-electron chi connectivity index (χ2n) is 5.09. The topological polar surface area (TPSA) is 74.7 Å². The number of halogens is 1. The molecule has 0 aromatic heterocycles. The van der Waals surface area contributed by atoms with Gasteiger partial charge in [0.2, 0.25) is 10.0 Å². The van der Waals surface area contributed by atoms with Crippen LogP contribution in [0.2, 0.25) is 5.02 Å². The lowest BCUT2D eigenvalue weighted by atomic mass is 10.2. The zero-order chi connectivity index (χ0) is 15.6. The number of hydrogen-bond donors (Lipinski definition) is 1. The molecule has 1 N–H and O–H groups in total. The fourth-order valence-electron chi connectivity index (χ4n) is 1.93. The van der Waals surface area contributed by atoms with Gasteiger partial charge in [-0.3, -0.25) is 0 Å². The minimum absolute atomic E-state index is 0.0415. The Labute approximate surface area is 128 Å². The van der Waals surface area contributed by atoms with Gasteiger partial charge in [0, 0.05) is 19.7 Å². The van der Waals surface area contributed by atoms with E-state index >= 15 is 0 Å². The summed E-state index contributed by atoms with van der Waals surface area (Å²) >= 11 is 6.04. The Kier molecular flexibility index (Phi) is 4.70. The predicted octanol–water partition coefficient (Wildman–Crippen LogP) is 2.47. The van der Waals surface area contributed by atoms with Crippen molar-refractivity contribution in [3.05, 3.63) is 34.9 Å². The summed E-state index contributed by atoms with van der Waals surface area (Å²) in [7, 11) is -2.07. The smallest absolute Gasteiger partial charge is 0.328 e. The summed E-state index contributed by atoms with van der Waals surface area (Å²) in [4.78, 5) is 10.5. The van der Waals surface area contributed by atoms with E-state index in [1.807, 2.05) is 0 Å². The highest BCUT2D eigenvalue weighted by atomic mass is 35.5. The molecule has 0 saturated heterocycles. The maximum absolute atomic E-state index is 12.4. The van der Waals surface area contributed by atoms with Crippen LogP contribution in [0.4, 0.5) is 0 Å². The lowest BCUT2D eigenvalue weighted by molar-refractivity contribution is -0.131. The van der Waals surface area contributed by atoms with E-state index in [1.165, 1.54) is 28.6 Å². The fourth-order valence-corrected chi connectivity index (χ4v) is 3.70. The van der Waals surface area contributed by atoms with Gasteiger partial charge in [-0.2, -0.15) is 0 Å². The Bertz CT molecular complexity index is 680. The van der Waals surface area contributed by atoms with Crippen molar-refractivity contribution in [3.8, 4) is 0 Å². The average Bonchev–Trinajstić information content (AvgIpc) is 3.20. The Balaban J connectivity index is 2.24. The molecule has 5 nitrogen and oxygen atoms in total. The Hall–Kier alpha value is -1.37. The van der Waals surface area contributed by atoms with Gasteiger partial charge in [0.25, 0.3) is 0 Å². The van der Waals surface area contributed by atoms with Gasteiger partial charge in [-0.15, -0.1) is 0 Å². The summed E-state index contributed by atoms with van der Waals surface area (Å²) < 4.78 is 26.2. The molecule has 21 heavy (non-hydrogen) atoms. The number of carboxylic acids is 1. The average molecular weight is 330 g/mol. The first-order chi connectivity index (χ1) is 9.80. The molecule has 2 rings (SSSR count). The van der Waals surface area contributed by atoms with Gasteiger partial charge in [0.15, 0.2) is 0 Å². The molecular formula is C14H16ClNO4S. The van der Waals surface area contributed by atoms with Crippen molar-refractivity contribution in [1.82, 2.24) is 4.31 Å². The first kappa shape index (κ1) is 16.0. The van der Waals surface area contributed by atoms with Gasteiger partial charge in [-0.25, -0.2) is 17.5 Å². The molecule has 0 atom stereocenters. The van der Waals surface area contributed by atoms with Crippen LogP contribution in [0.1, 0.15) is 18.4 Å². The zero-order valence-electron chi connectivity index (χ0n) is 11.5. The van der Waals surface area contributed by atoms with Crippen molar-refractivity contribution in [3.63, 3.8) is 0 Å². The minimum Gasteiger partial charge on any atom is -0.478 e.